The van der Waals surface area contributed by atoms with Gasteiger partial charge >= 0.3 is 5.97 Å². The van der Waals surface area contributed by atoms with E-state index in [1.807, 2.05) is 31.2 Å². The van der Waals surface area contributed by atoms with Gasteiger partial charge in [0.1, 0.15) is 11.3 Å². The molecule has 0 spiro atoms. The molecule has 1 fully saturated rings. The van der Waals surface area contributed by atoms with Crippen molar-refractivity contribution in [2.75, 3.05) is 19.0 Å². The summed E-state index contributed by atoms with van der Waals surface area (Å²) in [4.78, 5) is 11.8. The van der Waals surface area contributed by atoms with Crippen LogP contribution >= 0.6 is 0 Å². The van der Waals surface area contributed by atoms with Crippen molar-refractivity contribution in [2.24, 2.45) is 0 Å². The molecule has 17 heavy (non-hydrogen) atoms. The fourth-order valence-corrected chi connectivity index (χ4v) is 1.75. The maximum absolute atomic E-state index is 11.8. The quantitative estimate of drug-likeness (QED) is 0.795. The Morgan fingerprint density at radius 2 is 2.24 bits per heavy atom. The first-order valence-corrected chi connectivity index (χ1v) is 5.79. The van der Waals surface area contributed by atoms with Gasteiger partial charge in [-0.1, -0.05) is 6.07 Å². The molecule has 1 N–H and O–H groups in total. The van der Waals surface area contributed by atoms with E-state index in [0.717, 1.165) is 24.3 Å². The molecule has 92 valence electrons. The lowest BCUT2D eigenvalue weighted by molar-refractivity contribution is -0.145. The second-order valence-electron chi connectivity index (χ2n) is 4.16. The minimum absolute atomic E-state index is 0.164. The van der Waals surface area contributed by atoms with E-state index in [0.29, 0.717) is 6.61 Å². The van der Waals surface area contributed by atoms with Gasteiger partial charge in [0.2, 0.25) is 0 Å². The summed E-state index contributed by atoms with van der Waals surface area (Å²) < 4.78 is 10.2. The Bertz CT molecular complexity index is 413. The molecule has 1 aliphatic carbocycles. The van der Waals surface area contributed by atoms with Gasteiger partial charge in [0.05, 0.1) is 13.7 Å². The smallest absolute Gasteiger partial charge is 0.331 e. The van der Waals surface area contributed by atoms with Gasteiger partial charge in [-0.2, -0.15) is 0 Å². The molecular weight excluding hydrogens is 218 g/mol. The van der Waals surface area contributed by atoms with Crippen LogP contribution in [0.2, 0.25) is 0 Å². The Labute approximate surface area is 101 Å². The van der Waals surface area contributed by atoms with Crippen LogP contribution in [0, 0.1) is 0 Å². The van der Waals surface area contributed by atoms with E-state index >= 15 is 0 Å². The lowest BCUT2D eigenvalue weighted by atomic mass is 10.2. The fraction of sp³-hybridized carbons (Fsp3) is 0.462. The van der Waals surface area contributed by atoms with Crippen molar-refractivity contribution in [2.45, 2.75) is 25.3 Å². The number of methoxy groups -OCH3 is 1. The van der Waals surface area contributed by atoms with E-state index in [9.17, 15) is 4.79 Å². The summed E-state index contributed by atoms with van der Waals surface area (Å²) >= 11 is 0. The minimum atomic E-state index is -0.512. The first kappa shape index (κ1) is 11.8. The summed E-state index contributed by atoms with van der Waals surface area (Å²) in [5.41, 5.74) is 0.373. The lowest BCUT2D eigenvalue weighted by Crippen LogP contribution is -2.33. The van der Waals surface area contributed by atoms with E-state index in [1.54, 1.807) is 7.11 Å². The molecule has 1 aromatic rings. The van der Waals surface area contributed by atoms with E-state index < -0.39 is 5.54 Å². The summed E-state index contributed by atoms with van der Waals surface area (Å²) in [6.45, 7) is 2.24. The summed E-state index contributed by atoms with van der Waals surface area (Å²) in [7, 11) is 1.62. The summed E-state index contributed by atoms with van der Waals surface area (Å²) in [5.74, 6) is 0.609. The Balaban J connectivity index is 2.07. The highest BCUT2D eigenvalue weighted by Crippen LogP contribution is 2.40. The number of hydrogen-bond acceptors (Lipinski definition) is 4. The maximum atomic E-state index is 11.8. The Kier molecular flexibility index (Phi) is 3.22. The molecule has 1 saturated carbocycles. The van der Waals surface area contributed by atoms with Crippen LogP contribution in [0.25, 0.3) is 0 Å². The first-order chi connectivity index (χ1) is 8.20. The highest BCUT2D eigenvalue weighted by Gasteiger charge is 2.51. The van der Waals surface area contributed by atoms with Crippen molar-refractivity contribution in [3.05, 3.63) is 24.3 Å². The number of esters is 1. The number of carbonyl (C=O) groups is 1. The topological polar surface area (TPSA) is 47.6 Å². The molecule has 0 saturated heterocycles. The minimum Gasteiger partial charge on any atom is -0.497 e. The number of nitrogens with one attached hydrogen (secondary N) is 1. The third-order valence-electron chi connectivity index (χ3n) is 2.87. The van der Waals surface area contributed by atoms with E-state index in [2.05, 4.69) is 5.32 Å². The highest BCUT2D eigenvalue weighted by atomic mass is 16.5. The zero-order valence-corrected chi connectivity index (χ0v) is 10.2. The third kappa shape index (κ3) is 2.52. The van der Waals surface area contributed by atoms with Crippen molar-refractivity contribution in [3.63, 3.8) is 0 Å². The SMILES string of the molecule is CCOC(=O)C1(Nc2cccc(OC)c2)CC1. The maximum Gasteiger partial charge on any atom is 0.331 e. The van der Waals surface area contributed by atoms with Gasteiger partial charge < -0.3 is 14.8 Å². The zero-order valence-electron chi connectivity index (χ0n) is 10.2. The van der Waals surface area contributed by atoms with Gasteiger partial charge in [-0.15, -0.1) is 0 Å². The number of carbonyl (C=O) groups excluding carboxylic acids is 1. The second-order valence-corrected chi connectivity index (χ2v) is 4.16. The van der Waals surface area contributed by atoms with Crippen molar-refractivity contribution >= 4 is 11.7 Å². The van der Waals surface area contributed by atoms with Crippen LogP contribution in [-0.4, -0.2) is 25.2 Å². The van der Waals surface area contributed by atoms with Crippen LogP contribution in [0.1, 0.15) is 19.8 Å². The average molecular weight is 235 g/mol. The molecule has 0 unspecified atom stereocenters. The largest absolute Gasteiger partial charge is 0.497 e. The van der Waals surface area contributed by atoms with Gasteiger partial charge in [-0.3, -0.25) is 0 Å². The number of rotatable bonds is 5. The molecule has 1 aromatic carbocycles. The van der Waals surface area contributed by atoms with Gasteiger partial charge in [0, 0.05) is 11.8 Å². The molecule has 0 bridgehead atoms. The molecule has 2 rings (SSSR count). The van der Waals surface area contributed by atoms with Crippen molar-refractivity contribution in [1.82, 2.24) is 0 Å². The van der Waals surface area contributed by atoms with E-state index in [4.69, 9.17) is 9.47 Å². The van der Waals surface area contributed by atoms with Crippen LogP contribution < -0.4 is 10.1 Å². The van der Waals surface area contributed by atoms with Crippen molar-refractivity contribution in [1.29, 1.82) is 0 Å². The Morgan fingerprint density at radius 3 is 2.82 bits per heavy atom. The van der Waals surface area contributed by atoms with Crippen LogP contribution in [-0.2, 0) is 9.53 Å². The second kappa shape index (κ2) is 4.65. The van der Waals surface area contributed by atoms with E-state index in [1.165, 1.54) is 0 Å². The van der Waals surface area contributed by atoms with Crippen LogP contribution in [0.4, 0.5) is 5.69 Å². The molecule has 1 aliphatic rings. The van der Waals surface area contributed by atoms with Gasteiger partial charge in [0.15, 0.2) is 0 Å². The first-order valence-electron chi connectivity index (χ1n) is 5.79. The molecule has 4 nitrogen and oxygen atoms in total. The van der Waals surface area contributed by atoms with Gasteiger partial charge in [-0.25, -0.2) is 4.79 Å². The summed E-state index contributed by atoms with van der Waals surface area (Å²) in [6.07, 6.45) is 1.64. The summed E-state index contributed by atoms with van der Waals surface area (Å²) in [6, 6.07) is 7.55. The molecule has 4 heteroatoms. The zero-order chi connectivity index (χ0) is 12.3. The number of hydrogen-bond donors (Lipinski definition) is 1. The molecule has 0 heterocycles. The normalized spacial score (nSPS) is 16.1. The van der Waals surface area contributed by atoms with Crippen molar-refractivity contribution in [3.8, 4) is 5.75 Å². The number of benzene rings is 1. The highest BCUT2D eigenvalue weighted by molar-refractivity contribution is 5.88. The van der Waals surface area contributed by atoms with E-state index in [-0.39, 0.29) is 5.97 Å². The number of anilines is 1. The predicted molar refractivity (Wildman–Crippen MR) is 65.2 cm³/mol. The molecule has 0 atom stereocenters. The predicted octanol–water partition coefficient (Wildman–Crippen LogP) is 2.20. The Morgan fingerprint density at radius 1 is 1.47 bits per heavy atom. The third-order valence-corrected chi connectivity index (χ3v) is 2.87. The Hall–Kier alpha value is -1.71. The number of ether oxygens (including phenoxy) is 2. The molecular formula is C13H17NO3. The van der Waals surface area contributed by atoms with Crippen molar-refractivity contribution < 1.29 is 14.3 Å². The standard InChI is InChI=1S/C13H17NO3/c1-3-17-12(15)13(7-8-13)14-10-5-4-6-11(9-10)16-2/h4-6,9,14H,3,7-8H2,1-2H3. The van der Waals surface area contributed by atoms with Crippen LogP contribution in [0.5, 0.6) is 5.75 Å². The van der Waals surface area contributed by atoms with Crippen LogP contribution in [0.3, 0.4) is 0 Å². The molecule has 0 amide bonds. The molecule has 0 radical (unpaired) electrons. The van der Waals surface area contributed by atoms with Crippen LogP contribution in [0.15, 0.2) is 24.3 Å². The molecule has 0 aromatic heterocycles. The fourth-order valence-electron chi connectivity index (χ4n) is 1.75. The van der Waals surface area contributed by atoms with Gasteiger partial charge in [-0.05, 0) is 31.9 Å². The summed E-state index contributed by atoms with van der Waals surface area (Å²) in [5, 5.41) is 3.23. The lowest BCUT2D eigenvalue weighted by Gasteiger charge is -2.17. The monoisotopic (exact) mass is 235 g/mol. The van der Waals surface area contributed by atoms with Gasteiger partial charge in [0.25, 0.3) is 0 Å². The average Bonchev–Trinajstić information content (AvgIpc) is 3.11. The molecule has 0 aliphatic heterocycles.